The van der Waals surface area contributed by atoms with Crippen molar-refractivity contribution in [1.82, 2.24) is 10.2 Å². The van der Waals surface area contributed by atoms with E-state index in [1.165, 1.54) is 36.1 Å². The maximum Gasteiger partial charge on any atom is 0.261 e. The van der Waals surface area contributed by atoms with Crippen LogP contribution in [0.25, 0.3) is 0 Å². The predicted octanol–water partition coefficient (Wildman–Crippen LogP) is 3.80. The van der Waals surface area contributed by atoms with Crippen molar-refractivity contribution in [1.29, 1.82) is 0 Å². The number of hydrogen-bond donors (Lipinski definition) is 1. The lowest BCUT2D eigenvalue weighted by Crippen LogP contribution is -2.51. The number of nitrogens with one attached hydrogen (secondary N) is 1. The SMILES string of the molecule is COC1CCCN(C(=O)C(C)(C)CNC(=O)c2cc3c(s2)CCCCCC3)C1. The number of likely N-dealkylation sites (tertiary alicyclic amines) is 1. The van der Waals surface area contributed by atoms with Gasteiger partial charge in [-0.05, 0) is 64.0 Å². The number of fused-ring (bicyclic) bond motifs is 1. The minimum absolute atomic E-state index is 0.0500. The summed E-state index contributed by atoms with van der Waals surface area (Å²) >= 11 is 1.63. The number of carbonyl (C=O) groups excluding carboxylic acids is 2. The number of aryl methyl sites for hydroxylation is 2. The number of thiophene rings is 1. The van der Waals surface area contributed by atoms with E-state index in [0.29, 0.717) is 13.1 Å². The van der Waals surface area contributed by atoms with E-state index >= 15 is 0 Å². The van der Waals surface area contributed by atoms with Gasteiger partial charge in [0.2, 0.25) is 5.91 Å². The molecular weight excluding hydrogens is 372 g/mol. The molecule has 1 unspecified atom stereocenters. The molecule has 2 heterocycles. The highest BCUT2D eigenvalue weighted by Crippen LogP contribution is 2.29. The minimum atomic E-state index is -0.628. The molecular formula is C22H34N2O3S. The zero-order valence-corrected chi connectivity index (χ0v) is 18.3. The Labute approximate surface area is 172 Å². The van der Waals surface area contributed by atoms with E-state index in [1.807, 2.05) is 18.7 Å². The molecule has 5 nitrogen and oxygen atoms in total. The molecule has 6 heteroatoms. The van der Waals surface area contributed by atoms with E-state index in [4.69, 9.17) is 4.74 Å². The third kappa shape index (κ3) is 5.15. The Morgan fingerprint density at radius 1 is 1.21 bits per heavy atom. The normalized spacial score (nSPS) is 20.8. The van der Waals surface area contributed by atoms with Crippen LogP contribution in [-0.4, -0.2) is 49.6 Å². The van der Waals surface area contributed by atoms with Crippen LogP contribution in [0, 0.1) is 5.41 Å². The fourth-order valence-electron chi connectivity index (χ4n) is 4.16. The van der Waals surface area contributed by atoms with Gasteiger partial charge in [0.15, 0.2) is 0 Å². The maximum absolute atomic E-state index is 13.0. The van der Waals surface area contributed by atoms with Gasteiger partial charge in [0.1, 0.15) is 0 Å². The summed E-state index contributed by atoms with van der Waals surface area (Å²) in [4.78, 5) is 29.8. The highest BCUT2D eigenvalue weighted by atomic mass is 32.1. The zero-order chi connectivity index (χ0) is 20.1. The first-order valence-corrected chi connectivity index (χ1v) is 11.4. The number of rotatable bonds is 5. The third-order valence-electron chi connectivity index (χ3n) is 5.99. The van der Waals surface area contributed by atoms with Crippen molar-refractivity contribution in [2.45, 2.75) is 71.3 Å². The molecule has 28 heavy (non-hydrogen) atoms. The monoisotopic (exact) mass is 406 g/mol. The summed E-state index contributed by atoms with van der Waals surface area (Å²) in [5.74, 6) is 0.0408. The lowest BCUT2D eigenvalue weighted by Gasteiger charge is -2.37. The van der Waals surface area contributed by atoms with Crippen molar-refractivity contribution in [2.24, 2.45) is 5.41 Å². The van der Waals surface area contributed by atoms with Crippen LogP contribution in [0.5, 0.6) is 0 Å². The second kappa shape index (κ2) is 9.40. The Hall–Kier alpha value is -1.40. The molecule has 0 saturated carbocycles. The number of ether oxygens (including phenoxy) is 1. The molecule has 1 atom stereocenters. The molecule has 0 radical (unpaired) electrons. The number of piperidine rings is 1. The average molecular weight is 407 g/mol. The van der Waals surface area contributed by atoms with Crippen LogP contribution in [0.2, 0.25) is 0 Å². The number of amides is 2. The van der Waals surface area contributed by atoms with Crippen molar-refractivity contribution in [3.8, 4) is 0 Å². The van der Waals surface area contributed by atoms with E-state index in [-0.39, 0.29) is 17.9 Å². The van der Waals surface area contributed by atoms with Gasteiger partial charge >= 0.3 is 0 Å². The molecule has 2 amide bonds. The summed E-state index contributed by atoms with van der Waals surface area (Å²) in [5, 5.41) is 3.02. The average Bonchev–Trinajstić information content (AvgIpc) is 3.07. The largest absolute Gasteiger partial charge is 0.380 e. The first kappa shape index (κ1) is 21.3. The predicted molar refractivity (Wildman–Crippen MR) is 113 cm³/mol. The molecule has 0 aromatic carbocycles. The molecule has 1 fully saturated rings. The van der Waals surface area contributed by atoms with E-state index in [9.17, 15) is 9.59 Å². The summed E-state index contributed by atoms with van der Waals surface area (Å²) in [7, 11) is 1.70. The Kier molecular flexibility index (Phi) is 7.15. The summed E-state index contributed by atoms with van der Waals surface area (Å²) < 4.78 is 5.44. The van der Waals surface area contributed by atoms with Crippen molar-refractivity contribution in [3.05, 3.63) is 21.4 Å². The topological polar surface area (TPSA) is 58.6 Å². The molecule has 1 aliphatic heterocycles. The van der Waals surface area contributed by atoms with E-state index in [0.717, 1.165) is 37.1 Å². The smallest absolute Gasteiger partial charge is 0.261 e. The quantitative estimate of drug-likeness (QED) is 0.809. The number of hydrogen-bond acceptors (Lipinski definition) is 4. The molecule has 1 aromatic heterocycles. The standard InChI is InChI=1S/C22H34N2O3S/c1-22(2,21(26)24-12-8-10-17(14-24)27-3)15-23-20(25)19-13-16-9-6-4-5-7-11-18(16)28-19/h13,17H,4-12,14-15H2,1-3H3,(H,23,25). The molecule has 0 spiro atoms. The van der Waals surface area contributed by atoms with Crippen LogP contribution in [0.3, 0.4) is 0 Å². The Bertz CT molecular complexity index is 672. The van der Waals surface area contributed by atoms with Gasteiger partial charge in [-0.3, -0.25) is 9.59 Å². The molecule has 3 rings (SSSR count). The number of methoxy groups -OCH3 is 1. The lowest BCUT2D eigenvalue weighted by atomic mass is 9.90. The van der Waals surface area contributed by atoms with Gasteiger partial charge in [-0.1, -0.05) is 12.8 Å². The second-order valence-corrected chi connectivity index (χ2v) is 9.93. The molecule has 1 N–H and O–H groups in total. The Morgan fingerprint density at radius 2 is 1.96 bits per heavy atom. The van der Waals surface area contributed by atoms with Gasteiger partial charge in [-0.15, -0.1) is 11.3 Å². The molecule has 1 saturated heterocycles. The van der Waals surface area contributed by atoms with Gasteiger partial charge in [-0.2, -0.15) is 0 Å². The molecule has 2 aliphatic rings. The molecule has 156 valence electrons. The number of nitrogens with zero attached hydrogens (tertiary/aromatic N) is 1. The van der Waals surface area contributed by atoms with Crippen LogP contribution in [0.15, 0.2) is 6.07 Å². The lowest BCUT2D eigenvalue weighted by molar-refractivity contribution is -0.143. The Balaban J connectivity index is 1.58. The molecule has 1 aliphatic carbocycles. The fraction of sp³-hybridized carbons (Fsp3) is 0.727. The van der Waals surface area contributed by atoms with E-state index in [1.54, 1.807) is 18.4 Å². The first-order valence-electron chi connectivity index (χ1n) is 10.6. The minimum Gasteiger partial charge on any atom is -0.380 e. The van der Waals surface area contributed by atoms with Crippen LogP contribution < -0.4 is 5.32 Å². The van der Waals surface area contributed by atoms with Gasteiger partial charge in [0, 0.05) is 31.6 Å². The van der Waals surface area contributed by atoms with Gasteiger partial charge in [0.25, 0.3) is 5.91 Å². The first-order chi connectivity index (χ1) is 13.4. The van der Waals surface area contributed by atoms with Crippen molar-refractivity contribution in [2.75, 3.05) is 26.7 Å². The third-order valence-corrected chi connectivity index (χ3v) is 7.22. The van der Waals surface area contributed by atoms with Crippen LogP contribution >= 0.6 is 11.3 Å². The van der Waals surface area contributed by atoms with E-state index in [2.05, 4.69) is 11.4 Å². The second-order valence-electron chi connectivity index (χ2n) is 8.79. The van der Waals surface area contributed by atoms with E-state index < -0.39 is 5.41 Å². The number of carbonyl (C=O) groups is 2. The highest BCUT2D eigenvalue weighted by molar-refractivity contribution is 7.14. The molecule has 1 aromatic rings. The summed E-state index contributed by atoms with van der Waals surface area (Å²) in [5.41, 5.74) is 0.723. The van der Waals surface area contributed by atoms with Crippen LogP contribution in [0.1, 0.15) is 72.5 Å². The van der Waals surface area contributed by atoms with Crippen LogP contribution in [0.4, 0.5) is 0 Å². The zero-order valence-electron chi connectivity index (χ0n) is 17.5. The van der Waals surface area contributed by atoms with Gasteiger partial charge < -0.3 is 15.0 Å². The maximum atomic E-state index is 13.0. The summed E-state index contributed by atoms with van der Waals surface area (Å²) in [6.07, 6.45) is 9.26. The van der Waals surface area contributed by atoms with Crippen molar-refractivity contribution < 1.29 is 14.3 Å². The van der Waals surface area contributed by atoms with Gasteiger partial charge in [-0.25, -0.2) is 0 Å². The van der Waals surface area contributed by atoms with Crippen molar-refractivity contribution >= 4 is 23.2 Å². The summed E-state index contributed by atoms with van der Waals surface area (Å²) in [6.45, 7) is 5.60. The summed E-state index contributed by atoms with van der Waals surface area (Å²) in [6, 6.07) is 2.07. The molecule has 0 bridgehead atoms. The van der Waals surface area contributed by atoms with Crippen LogP contribution in [-0.2, 0) is 22.4 Å². The Morgan fingerprint density at radius 3 is 2.71 bits per heavy atom. The highest BCUT2D eigenvalue weighted by Gasteiger charge is 2.35. The van der Waals surface area contributed by atoms with Gasteiger partial charge in [0.05, 0.1) is 16.4 Å². The van der Waals surface area contributed by atoms with Crippen molar-refractivity contribution in [3.63, 3.8) is 0 Å². The fourth-order valence-corrected chi connectivity index (χ4v) is 5.33.